The number of hydrogen-bond acceptors (Lipinski definition) is 2. The lowest BCUT2D eigenvalue weighted by Gasteiger charge is -2.33. The number of hydrogen-bond donors (Lipinski definition) is 0. The number of thioether (sulfide) groups is 1. The topological polar surface area (TPSA) is 13.1 Å². The number of anilines is 2. The smallest absolute Gasteiger partial charge is 0.0567 e. The summed E-state index contributed by atoms with van der Waals surface area (Å²) in [6.45, 7) is 4.83. The van der Waals surface area contributed by atoms with E-state index in [1.807, 2.05) is 11.8 Å². The quantitative estimate of drug-likeness (QED) is 0.165. The summed E-state index contributed by atoms with van der Waals surface area (Å²) in [5.74, 6) is 0.430. The van der Waals surface area contributed by atoms with E-state index >= 15 is 0 Å². The minimum Gasteiger partial charge on any atom is -0.334 e. The van der Waals surface area contributed by atoms with Crippen molar-refractivity contribution in [2.45, 2.75) is 47.8 Å². The standard InChI is InChI=1S/C63H47N3S/c1-63(2)54-25-12-9-20-47(54)50-34-37-58-60(61(50)63)53-39-45(33-36-57(53)66(58)42-18-7-4-8-19-42)64(43-30-28-40(29-31-43)46-23-15-24-51-49-22-11-14-27-59(49)67-62(46)51)44-32-35-56-52(38-44)48-21-10-13-26-55(48)65(56)41-16-5-3-6-17-41/h3-31,33-39,44,49,59H,32H2,1-2H3. The van der Waals surface area contributed by atoms with E-state index in [0.29, 0.717) is 11.2 Å². The first-order valence-electron chi connectivity index (χ1n) is 23.7. The molecule has 1 aliphatic heterocycles. The van der Waals surface area contributed by atoms with Crippen molar-refractivity contribution in [1.82, 2.24) is 9.13 Å². The van der Waals surface area contributed by atoms with Crippen LogP contribution in [0.15, 0.2) is 211 Å². The van der Waals surface area contributed by atoms with Crippen molar-refractivity contribution in [3.05, 3.63) is 234 Å². The molecule has 0 bridgehead atoms. The number of allylic oxidation sites excluding steroid dienone is 3. The summed E-state index contributed by atoms with van der Waals surface area (Å²) in [5.41, 5.74) is 17.7. The van der Waals surface area contributed by atoms with Gasteiger partial charge in [-0.2, -0.15) is 0 Å². The van der Waals surface area contributed by atoms with Crippen LogP contribution in [0.4, 0.5) is 11.4 Å². The lowest BCUT2D eigenvalue weighted by molar-refractivity contribution is 0.666. The average Bonchev–Trinajstić information content (AvgIpc) is 4.10. The first kappa shape index (κ1) is 38.7. The first-order valence-corrected chi connectivity index (χ1v) is 24.6. The van der Waals surface area contributed by atoms with Gasteiger partial charge in [0.2, 0.25) is 0 Å². The van der Waals surface area contributed by atoms with Crippen LogP contribution in [0, 0.1) is 0 Å². The van der Waals surface area contributed by atoms with E-state index in [1.165, 1.54) is 110 Å². The van der Waals surface area contributed by atoms with Gasteiger partial charge >= 0.3 is 0 Å². The predicted octanol–water partition coefficient (Wildman–Crippen LogP) is 14.6. The number of fused-ring (bicyclic) bond motifs is 13. The molecule has 2 aromatic heterocycles. The molecule has 0 spiro atoms. The molecule has 3 nitrogen and oxygen atoms in total. The molecular weight excluding hydrogens is 831 g/mol. The van der Waals surface area contributed by atoms with Crippen LogP contribution in [-0.4, -0.2) is 20.4 Å². The van der Waals surface area contributed by atoms with Crippen molar-refractivity contribution in [3.8, 4) is 33.6 Å². The Hall–Kier alpha value is -7.53. The SMILES string of the molecule is CC1(C)c2ccccc2-c2ccc3c(c21)c1cc(N(c2ccc(-c4cccc5c4SC4C=CC=CC54)cc2)C2C=c4c(n(-c5ccccc5)c5ccccc45)=CC2)ccc1n3-c1ccccc1. The van der Waals surface area contributed by atoms with Gasteiger partial charge in [0.1, 0.15) is 0 Å². The molecule has 320 valence electrons. The molecule has 0 saturated carbocycles. The highest BCUT2D eigenvalue weighted by atomic mass is 32.2. The monoisotopic (exact) mass is 877 g/mol. The largest absolute Gasteiger partial charge is 0.334 e. The molecular formula is C63H47N3S. The van der Waals surface area contributed by atoms with Gasteiger partial charge in [0.15, 0.2) is 0 Å². The van der Waals surface area contributed by atoms with E-state index in [0.717, 1.165) is 6.42 Å². The lowest BCUT2D eigenvalue weighted by atomic mass is 9.80. The molecule has 3 atom stereocenters. The lowest BCUT2D eigenvalue weighted by Crippen LogP contribution is -2.39. The molecule has 0 fully saturated rings. The zero-order valence-electron chi connectivity index (χ0n) is 37.5. The Morgan fingerprint density at radius 1 is 0.567 bits per heavy atom. The Morgan fingerprint density at radius 2 is 1.25 bits per heavy atom. The van der Waals surface area contributed by atoms with E-state index in [-0.39, 0.29) is 11.5 Å². The molecule has 0 N–H and O–H groups in total. The summed E-state index contributed by atoms with van der Waals surface area (Å²) in [4.78, 5) is 4.02. The fourth-order valence-corrected chi connectivity index (χ4v) is 13.7. The van der Waals surface area contributed by atoms with Crippen molar-refractivity contribution in [1.29, 1.82) is 0 Å². The molecule has 8 aromatic carbocycles. The van der Waals surface area contributed by atoms with Crippen LogP contribution in [-0.2, 0) is 5.41 Å². The second-order valence-corrected chi connectivity index (χ2v) is 20.3. The fraction of sp³-hybridized carbons (Fsp3) is 0.111. The van der Waals surface area contributed by atoms with Gasteiger partial charge in [0.05, 0.1) is 22.6 Å². The van der Waals surface area contributed by atoms with Gasteiger partial charge in [-0.3, -0.25) is 0 Å². The molecule has 67 heavy (non-hydrogen) atoms. The van der Waals surface area contributed by atoms with Gasteiger partial charge in [-0.15, -0.1) is 11.8 Å². The van der Waals surface area contributed by atoms with Gasteiger partial charge in [0.25, 0.3) is 0 Å². The molecule has 0 amide bonds. The maximum absolute atomic E-state index is 2.61. The molecule has 3 heterocycles. The van der Waals surface area contributed by atoms with E-state index < -0.39 is 0 Å². The van der Waals surface area contributed by atoms with E-state index in [4.69, 9.17) is 0 Å². The molecule has 4 aliphatic rings. The number of rotatable bonds is 6. The summed E-state index contributed by atoms with van der Waals surface area (Å²) in [5, 5.41) is 6.89. The van der Waals surface area contributed by atoms with Crippen LogP contribution in [0.1, 0.15) is 42.9 Å². The van der Waals surface area contributed by atoms with Gasteiger partial charge in [-0.25, -0.2) is 0 Å². The first-order chi connectivity index (χ1) is 33.0. The third-order valence-electron chi connectivity index (χ3n) is 15.1. The highest BCUT2D eigenvalue weighted by Crippen LogP contribution is 2.54. The van der Waals surface area contributed by atoms with E-state index in [9.17, 15) is 0 Å². The third kappa shape index (κ3) is 5.72. The summed E-state index contributed by atoms with van der Waals surface area (Å²) in [6.07, 6.45) is 15.0. The van der Waals surface area contributed by atoms with Gasteiger partial charge in [0, 0.05) is 71.0 Å². The Labute approximate surface area is 395 Å². The van der Waals surface area contributed by atoms with Crippen LogP contribution in [0.2, 0.25) is 0 Å². The van der Waals surface area contributed by atoms with Crippen LogP contribution in [0.3, 0.4) is 0 Å². The molecule has 0 saturated heterocycles. The summed E-state index contributed by atoms with van der Waals surface area (Å²) < 4.78 is 4.93. The molecule has 4 heteroatoms. The van der Waals surface area contributed by atoms with Crippen molar-refractivity contribution < 1.29 is 0 Å². The zero-order valence-corrected chi connectivity index (χ0v) is 38.3. The van der Waals surface area contributed by atoms with Crippen LogP contribution >= 0.6 is 11.8 Å². The van der Waals surface area contributed by atoms with Crippen molar-refractivity contribution >= 4 is 68.0 Å². The maximum Gasteiger partial charge on any atom is 0.0567 e. The van der Waals surface area contributed by atoms with Crippen LogP contribution in [0.25, 0.3) is 78.5 Å². The van der Waals surface area contributed by atoms with E-state index in [1.54, 1.807) is 0 Å². The van der Waals surface area contributed by atoms with Gasteiger partial charge < -0.3 is 14.0 Å². The second-order valence-electron chi connectivity index (χ2n) is 19.1. The minimum atomic E-state index is -0.178. The number of benzene rings is 8. The van der Waals surface area contributed by atoms with Crippen LogP contribution in [0.5, 0.6) is 0 Å². The molecule has 0 radical (unpaired) electrons. The number of aromatic nitrogens is 2. The normalized spacial score (nSPS) is 18.3. The highest BCUT2D eigenvalue weighted by Gasteiger charge is 2.38. The molecule has 3 aliphatic carbocycles. The van der Waals surface area contributed by atoms with Gasteiger partial charge in [-0.05, 0) is 112 Å². The fourth-order valence-electron chi connectivity index (χ4n) is 12.2. The van der Waals surface area contributed by atoms with Crippen molar-refractivity contribution in [2.24, 2.45) is 0 Å². The summed E-state index contributed by atoms with van der Waals surface area (Å²) >= 11 is 2.01. The van der Waals surface area contributed by atoms with Crippen molar-refractivity contribution in [3.63, 3.8) is 0 Å². The Bertz CT molecular complexity index is 3850. The number of para-hydroxylation sites is 3. The van der Waals surface area contributed by atoms with E-state index in [2.05, 4.69) is 246 Å². The Kier molecular flexibility index (Phi) is 8.52. The number of nitrogens with zero attached hydrogens (tertiary/aromatic N) is 3. The Balaban J connectivity index is 0.989. The van der Waals surface area contributed by atoms with Crippen molar-refractivity contribution in [2.75, 3.05) is 4.90 Å². The average molecular weight is 878 g/mol. The summed E-state index contributed by atoms with van der Waals surface area (Å²) in [7, 11) is 0. The van der Waals surface area contributed by atoms with Gasteiger partial charge in [-0.1, -0.05) is 166 Å². The zero-order chi connectivity index (χ0) is 44.4. The second kappa shape index (κ2) is 14.7. The predicted molar refractivity (Wildman–Crippen MR) is 283 cm³/mol. The molecule has 3 unspecified atom stereocenters. The minimum absolute atomic E-state index is 0.0536. The molecule has 14 rings (SSSR count). The molecule has 10 aromatic rings. The highest BCUT2D eigenvalue weighted by molar-refractivity contribution is 8.00. The summed E-state index contributed by atoms with van der Waals surface area (Å²) in [6, 6.07) is 68.0. The Morgan fingerprint density at radius 3 is 2.09 bits per heavy atom. The maximum atomic E-state index is 2.61. The third-order valence-corrected chi connectivity index (χ3v) is 16.5. The van der Waals surface area contributed by atoms with Crippen LogP contribution < -0.4 is 15.5 Å².